The van der Waals surface area contributed by atoms with Gasteiger partial charge in [0.1, 0.15) is 6.54 Å². The number of carbonyl (C=O) groups is 1. The van der Waals surface area contributed by atoms with E-state index in [0.717, 1.165) is 42.4 Å². The van der Waals surface area contributed by atoms with Crippen molar-refractivity contribution in [3.05, 3.63) is 59.2 Å². The summed E-state index contributed by atoms with van der Waals surface area (Å²) in [4.78, 5) is 15.0. The Hall–Kier alpha value is -2.34. The first kappa shape index (κ1) is 21.4. The number of sulfonamides is 1. The maximum absolute atomic E-state index is 13.5. The van der Waals surface area contributed by atoms with Crippen molar-refractivity contribution >= 4 is 21.6 Å². The fourth-order valence-corrected chi connectivity index (χ4v) is 5.34. The predicted octanol–water partition coefficient (Wildman–Crippen LogP) is 4.21. The van der Waals surface area contributed by atoms with Gasteiger partial charge in [0.05, 0.1) is 10.6 Å². The molecule has 0 saturated heterocycles. The van der Waals surface area contributed by atoms with Gasteiger partial charge in [0, 0.05) is 13.1 Å². The molecule has 0 heterocycles. The lowest BCUT2D eigenvalue weighted by atomic mass is 10.1. The van der Waals surface area contributed by atoms with Crippen LogP contribution in [0.2, 0.25) is 0 Å². The monoisotopic (exact) mass is 414 g/mol. The van der Waals surface area contributed by atoms with Crippen molar-refractivity contribution in [1.29, 1.82) is 0 Å². The van der Waals surface area contributed by atoms with E-state index < -0.39 is 10.0 Å². The molecule has 1 aliphatic carbocycles. The van der Waals surface area contributed by atoms with Crippen LogP contribution in [-0.2, 0) is 14.8 Å². The number of nitrogens with zero attached hydrogens (tertiary/aromatic N) is 2. The molecule has 156 valence electrons. The lowest BCUT2D eigenvalue weighted by Gasteiger charge is -2.30. The molecule has 1 fully saturated rings. The molecule has 2 aromatic rings. The molecule has 1 aliphatic rings. The second kappa shape index (κ2) is 8.57. The van der Waals surface area contributed by atoms with Crippen LogP contribution in [0.3, 0.4) is 0 Å². The SMILES string of the molecule is Cc1ccc(S(=O)(=O)N(CC(=O)N(C)C2CCCC2)c2cccc(C)c2C)cc1. The van der Waals surface area contributed by atoms with Crippen molar-refractivity contribution in [2.75, 3.05) is 17.9 Å². The van der Waals surface area contributed by atoms with Crippen molar-refractivity contribution in [2.45, 2.75) is 57.4 Å². The molecule has 0 unspecified atom stereocenters. The second-order valence-electron chi connectivity index (χ2n) is 7.99. The van der Waals surface area contributed by atoms with Gasteiger partial charge in [-0.05, 0) is 62.9 Å². The summed E-state index contributed by atoms with van der Waals surface area (Å²) < 4.78 is 28.4. The highest BCUT2D eigenvalue weighted by Crippen LogP contribution is 2.29. The van der Waals surface area contributed by atoms with Crippen LogP contribution in [0.1, 0.15) is 42.4 Å². The summed E-state index contributed by atoms with van der Waals surface area (Å²) in [6.07, 6.45) is 4.20. The summed E-state index contributed by atoms with van der Waals surface area (Å²) in [5.41, 5.74) is 3.39. The Kier molecular flexibility index (Phi) is 6.32. The van der Waals surface area contributed by atoms with Crippen LogP contribution in [0.4, 0.5) is 5.69 Å². The van der Waals surface area contributed by atoms with Crippen LogP contribution < -0.4 is 4.31 Å². The number of hydrogen-bond donors (Lipinski definition) is 0. The Balaban J connectivity index is 2.01. The van der Waals surface area contributed by atoms with Gasteiger partial charge in [0.2, 0.25) is 5.91 Å². The molecule has 2 aromatic carbocycles. The number of hydrogen-bond acceptors (Lipinski definition) is 3. The third-order valence-electron chi connectivity index (χ3n) is 6.00. The second-order valence-corrected chi connectivity index (χ2v) is 9.85. The number of aryl methyl sites for hydroxylation is 2. The maximum Gasteiger partial charge on any atom is 0.264 e. The molecule has 6 heteroatoms. The summed E-state index contributed by atoms with van der Waals surface area (Å²) in [6, 6.07) is 12.5. The summed E-state index contributed by atoms with van der Waals surface area (Å²) in [7, 11) is -2.09. The first-order valence-electron chi connectivity index (χ1n) is 10.1. The van der Waals surface area contributed by atoms with E-state index in [9.17, 15) is 13.2 Å². The quantitative estimate of drug-likeness (QED) is 0.711. The number of carbonyl (C=O) groups excluding carboxylic acids is 1. The number of likely N-dealkylation sites (N-methyl/N-ethyl adjacent to an activating group) is 1. The Morgan fingerprint density at radius 1 is 1.00 bits per heavy atom. The molecule has 5 nitrogen and oxygen atoms in total. The highest BCUT2D eigenvalue weighted by molar-refractivity contribution is 7.92. The van der Waals surface area contributed by atoms with Crippen LogP contribution >= 0.6 is 0 Å². The Morgan fingerprint density at radius 2 is 1.62 bits per heavy atom. The molecule has 0 aliphatic heterocycles. The molecule has 3 rings (SSSR count). The molecule has 0 radical (unpaired) electrons. The molecule has 0 aromatic heterocycles. The zero-order valence-corrected chi connectivity index (χ0v) is 18.5. The van der Waals surface area contributed by atoms with Crippen LogP contribution in [0.5, 0.6) is 0 Å². The third-order valence-corrected chi connectivity index (χ3v) is 7.77. The van der Waals surface area contributed by atoms with E-state index in [1.165, 1.54) is 4.31 Å². The third kappa shape index (κ3) is 4.47. The van der Waals surface area contributed by atoms with Gasteiger partial charge >= 0.3 is 0 Å². The van der Waals surface area contributed by atoms with E-state index in [-0.39, 0.29) is 23.4 Å². The standard InChI is InChI=1S/C23H30N2O3S/c1-17-12-14-21(15-13-17)29(27,28)25(22-11-7-8-18(2)19(22)3)16-23(26)24(4)20-9-5-6-10-20/h7-8,11-15,20H,5-6,9-10,16H2,1-4H3. The zero-order valence-electron chi connectivity index (χ0n) is 17.7. The van der Waals surface area contributed by atoms with E-state index in [1.807, 2.05) is 32.9 Å². The maximum atomic E-state index is 13.5. The smallest absolute Gasteiger partial charge is 0.264 e. The number of anilines is 1. The van der Waals surface area contributed by atoms with Gasteiger partial charge in [-0.25, -0.2) is 8.42 Å². The Bertz CT molecular complexity index is 978. The minimum absolute atomic E-state index is 0.173. The average Bonchev–Trinajstić information content (AvgIpc) is 3.23. The summed E-state index contributed by atoms with van der Waals surface area (Å²) in [5, 5.41) is 0. The highest BCUT2D eigenvalue weighted by Gasteiger charge is 2.31. The first-order valence-corrected chi connectivity index (χ1v) is 11.6. The van der Waals surface area contributed by atoms with E-state index in [2.05, 4.69) is 0 Å². The molecule has 1 amide bonds. The molecular weight excluding hydrogens is 384 g/mol. The molecule has 0 spiro atoms. The van der Waals surface area contributed by atoms with Crippen molar-refractivity contribution in [3.63, 3.8) is 0 Å². The van der Waals surface area contributed by atoms with E-state index >= 15 is 0 Å². The Labute approximate surface area is 174 Å². The number of amides is 1. The highest BCUT2D eigenvalue weighted by atomic mass is 32.2. The van der Waals surface area contributed by atoms with Gasteiger partial charge in [-0.2, -0.15) is 0 Å². The summed E-state index contributed by atoms with van der Waals surface area (Å²) >= 11 is 0. The molecule has 0 bridgehead atoms. The van der Waals surface area contributed by atoms with E-state index in [1.54, 1.807) is 42.3 Å². The van der Waals surface area contributed by atoms with E-state index in [4.69, 9.17) is 0 Å². The van der Waals surface area contributed by atoms with Crippen molar-refractivity contribution in [2.24, 2.45) is 0 Å². The van der Waals surface area contributed by atoms with E-state index in [0.29, 0.717) is 5.69 Å². The zero-order chi connectivity index (χ0) is 21.2. The largest absolute Gasteiger partial charge is 0.341 e. The van der Waals surface area contributed by atoms with Crippen molar-refractivity contribution < 1.29 is 13.2 Å². The number of rotatable bonds is 6. The van der Waals surface area contributed by atoms with Crippen LogP contribution in [0.25, 0.3) is 0 Å². The minimum atomic E-state index is -3.88. The predicted molar refractivity (Wildman–Crippen MR) is 117 cm³/mol. The average molecular weight is 415 g/mol. The lowest BCUT2D eigenvalue weighted by molar-refractivity contribution is -0.130. The van der Waals surface area contributed by atoms with Gasteiger partial charge in [-0.3, -0.25) is 9.10 Å². The molecular formula is C23H30N2O3S. The van der Waals surface area contributed by atoms with Gasteiger partial charge < -0.3 is 4.90 Å². The topological polar surface area (TPSA) is 57.7 Å². The van der Waals surface area contributed by atoms with Gasteiger partial charge in [-0.1, -0.05) is 42.7 Å². The number of benzene rings is 2. The normalized spacial score (nSPS) is 14.8. The van der Waals surface area contributed by atoms with Crippen molar-refractivity contribution in [1.82, 2.24) is 4.90 Å². The first-order chi connectivity index (χ1) is 13.7. The summed E-state index contributed by atoms with van der Waals surface area (Å²) in [5.74, 6) is -0.173. The van der Waals surface area contributed by atoms with Gasteiger partial charge in [0.25, 0.3) is 10.0 Å². The molecule has 29 heavy (non-hydrogen) atoms. The fourth-order valence-electron chi connectivity index (χ4n) is 3.87. The van der Waals surface area contributed by atoms with Crippen LogP contribution in [0.15, 0.2) is 47.4 Å². The Morgan fingerprint density at radius 3 is 2.24 bits per heavy atom. The van der Waals surface area contributed by atoms with Crippen LogP contribution in [0, 0.1) is 20.8 Å². The molecule has 1 saturated carbocycles. The van der Waals surface area contributed by atoms with Gasteiger partial charge in [0.15, 0.2) is 0 Å². The summed E-state index contributed by atoms with van der Waals surface area (Å²) in [6.45, 7) is 5.56. The minimum Gasteiger partial charge on any atom is -0.341 e. The van der Waals surface area contributed by atoms with Crippen LogP contribution in [-0.4, -0.2) is 38.9 Å². The lowest BCUT2D eigenvalue weighted by Crippen LogP contribution is -2.45. The fraction of sp³-hybridized carbons (Fsp3) is 0.435. The molecule has 0 atom stereocenters. The van der Waals surface area contributed by atoms with Gasteiger partial charge in [-0.15, -0.1) is 0 Å². The molecule has 0 N–H and O–H groups in total. The van der Waals surface area contributed by atoms with Crippen molar-refractivity contribution in [3.8, 4) is 0 Å².